The van der Waals surface area contributed by atoms with Crippen molar-refractivity contribution in [3.05, 3.63) is 35.4 Å². The van der Waals surface area contributed by atoms with Crippen molar-refractivity contribution in [2.75, 3.05) is 20.3 Å². The van der Waals surface area contributed by atoms with Gasteiger partial charge in [-0.1, -0.05) is 31.2 Å². The highest BCUT2D eigenvalue weighted by molar-refractivity contribution is 5.85. The summed E-state index contributed by atoms with van der Waals surface area (Å²) in [6, 6.07) is 7.94. The zero-order valence-electron chi connectivity index (χ0n) is 11.3. The number of hydrogen-bond acceptors (Lipinski definition) is 3. The predicted molar refractivity (Wildman–Crippen MR) is 72.2 cm³/mol. The lowest BCUT2D eigenvalue weighted by molar-refractivity contribution is -0.124. The maximum Gasteiger partial charge on any atom is 0.242 e. The highest BCUT2D eigenvalue weighted by Crippen LogP contribution is 2.21. The van der Waals surface area contributed by atoms with Gasteiger partial charge in [-0.15, -0.1) is 0 Å². The first-order valence-corrected chi connectivity index (χ1v) is 6.18. The predicted octanol–water partition coefficient (Wildman–Crippen LogP) is 1.19. The fraction of sp³-hybridized carbons (Fsp3) is 0.500. The first-order valence-electron chi connectivity index (χ1n) is 6.18. The van der Waals surface area contributed by atoms with Gasteiger partial charge >= 0.3 is 0 Å². The van der Waals surface area contributed by atoms with Gasteiger partial charge in [0.15, 0.2) is 0 Å². The first-order chi connectivity index (χ1) is 8.54. The van der Waals surface area contributed by atoms with Crippen LogP contribution >= 0.6 is 0 Å². The van der Waals surface area contributed by atoms with Crippen LogP contribution in [-0.4, -0.2) is 26.2 Å². The summed E-state index contributed by atoms with van der Waals surface area (Å²) in [5, 5.41) is 3.15. The summed E-state index contributed by atoms with van der Waals surface area (Å²) >= 11 is 0. The van der Waals surface area contributed by atoms with Gasteiger partial charge in [0.05, 0.1) is 6.61 Å². The van der Waals surface area contributed by atoms with Crippen LogP contribution < -0.4 is 11.1 Å². The van der Waals surface area contributed by atoms with E-state index >= 15 is 0 Å². The summed E-state index contributed by atoms with van der Waals surface area (Å²) in [5.41, 5.74) is 6.77. The average Bonchev–Trinajstić information content (AvgIpc) is 2.38. The van der Waals surface area contributed by atoms with Gasteiger partial charge in [-0.2, -0.15) is 0 Å². The third kappa shape index (κ3) is 3.31. The van der Waals surface area contributed by atoms with E-state index in [-0.39, 0.29) is 5.91 Å². The molecule has 0 aromatic heterocycles. The highest BCUT2D eigenvalue weighted by atomic mass is 16.5. The summed E-state index contributed by atoms with van der Waals surface area (Å²) in [5.74, 6) is -0.386. The van der Waals surface area contributed by atoms with E-state index in [1.165, 1.54) is 5.56 Å². The first kappa shape index (κ1) is 14.7. The van der Waals surface area contributed by atoms with Crippen LogP contribution in [0.25, 0.3) is 0 Å². The van der Waals surface area contributed by atoms with Gasteiger partial charge in [-0.3, -0.25) is 10.1 Å². The van der Waals surface area contributed by atoms with E-state index in [9.17, 15) is 4.79 Å². The number of nitrogens with one attached hydrogen (secondary N) is 1. The SMILES string of the molecule is CCc1ccc(C(C)(NCCOC)C(N)=O)cc1. The van der Waals surface area contributed by atoms with Crippen molar-refractivity contribution in [2.45, 2.75) is 25.8 Å². The molecule has 1 amide bonds. The van der Waals surface area contributed by atoms with Crippen LogP contribution in [0.15, 0.2) is 24.3 Å². The number of amides is 1. The molecule has 4 nitrogen and oxygen atoms in total. The molecule has 0 bridgehead atoms. The second-order valence-electron chi connectivity index (χ2n) is 4.46. The molecule has 0 fully saturated rings. The quantitative estimate of drug-likeness (QED) is 0.714. The van der Waals surface area contributed by atoms with Gasteiger partial charge in [0, 0.05) is 13.7 Å². The van der Waals surface area contributed by atoms with Crippen molar-refractivity contribution < 1.29 is 9.53 Å². The molecule has 1 aromatic rings. The molecule has 3 N–H and O–H groups in total. The Hall–Kier alpha value is -1.39. The molecular weight excluding hydrogens is 228 g/mol. The van der Waals surface area contributed by atoms with E-state index in [2.05, 4.69) is 12.2 Å². The van der Waals surface area contributed by atoms with Crippen molar-refractivity contribution in [3.8, 4) is 0 Å². The van der Waals surface area contributed by atoms with Crippen molar-refractivity contribution in [1.29, 1.82) is 0 Å². The molecule has 1 rings (SSSR count). The monoisotopic (exact) mass is 250 g/mol. The maximum atomic E-state index is 11.7. The maximum absolute atomic E-state index is 11.7. The van der Waals surface area contributed by atoms with Gasteiger partial charge in [-0.05, 0) is 24.5 Å². The molecular formula is C14H22N2O2. The minimum Gasteiger partial charge on any atom is -0.383 e. The van der Waals surface area contributed by atoms with E-state index in [0.29, 0.717) is 13.2 Å². The summed E-state index contributed by atoms with van der Waals surface area (Å²) in [7, 11) is 1.62. The Kier molecular flexibility index (Phi) is 5.31. The van der Waals surface area contributed by atoms with E-state index in [0.717, 1.165) is 12.0 Å². The van der Waals surface area contributed by atoms with E-state index in [4.69, 9.17) is 10.5 Å². The van der Waals surface area contributed by atoms with Crippen LogP contribution in [-0.2, 0) is 21.5 Å². The summed E-state index contributed by atoms with van der Waals surface area (Å²) in [6.07, 6.45) is 0.977. The lowest BCUT2D eigenvalue weighted by Crippen LogP contribution is -2.51. The Morgan fingerprint density at radius 3 is 2.44 bits per heavy atom. The minimum absolute atomic E-state index is 0.386. The number of primary amides is 1. The number of benzene rings is 1. The molecule has 0 heterocycles. The minimum atomic E-state index is -0.856. The van der Waals surface area contributed by atoms with Gasteiger partial charge in [0.1, 0.15) is 5.54 Å². The lowest BCUT2D eigenvalue weighted by Gasteiger charge is -2.28. The summed E-state index contributed by atoms with van der Waals surface area (Å²) in [6.45, 7) is 5.01. The van der Waals surface area contributed by atoms with Crippen LogP contribution in [0.5, 0.6) is 0 Å². The van der Waals surface area contributed by atoms with Crippen molar-refractivity contribution in [1.82, 2.24) is 5.32 Å². The lowest BCUT2D eigenvalue weighted by atomic mass is 9.90. The van der Waals surface area contributed by atoms with Gasteiger partial charge in [0.25, 0.3) is 0 Å². The fourth-order valence-electron chi connectivity index (χ4n) is 1.81. The highest BCUT2D eigenvalue weighted by Gasteiger charge is 2.32. The molecule has 1 atom stereocenters. The second kappa shape index (κ2) is 6.52. The van der Waals surface area contributed by atoms with Crippen LogP contribution in [0.2, 0.25) is 0 Å². The number of nitrogens with two attached hydrogens (primary N) is 1. The molecule has 0 aliphatic carbocycles. The third-order valence-electron chi connectivity index (χ3n) is 3.22. The van der Waals surface area contributed by atoms with E-state index in [1.807, 2.05) is 24.3 Å². The second-order valence-corrected chi connectivity index (χ2v) is 4.46. The molecule has 0 aliphatic heterocycles. The molecule has 4 heteroatoms. The Balaban J connectivity index is 2.91. The summed E-state index contributed by atoms with van der Waals surface area (Å²) < 4.78 is 4.97. The fourth-order valence-corrected chi connectivity index (χ4v) is 1.81. The largest absolute Gasteiger partial charge is 0.383 e. The Morgan fingerprint density at radius 2 is 2.00 bits per heavy atom. The molecule has 18 heavy (non-hydrogen) atoms. The molecule has 0 spiro atoms. The zero-order valence-corrected chi connectivity index (χ0v) is 11.3. The number of rotatable bonds is 7. The molecule has 1 aromatic carbocycles. The number of carbonyl (C=O) groups excluding carboxylic acids is 1. The van der Waals surface area contributed by atoms with Gasteiger partial charge < -0.3 is 10.5 Å². The van der Waals surface area contributed by atoms with Crippen molar-refractivity contribution >= 4 is 5.91 Å². The Morgan fingerprint density at radius 1 is 1.39 bits per heavy atom. The normalized spacial score (nSPS) is 14.2. The number of aryl methyl sites for hydroxylation is 1. The molecule has 100 valence electrons. The summed E-state index contributed by atoms with van der Waals surface area (Å²) in [4.78, 5) is 11.7. The van der Waals surface area contributed by atoms with Crippen LogP contribution in [0.1, 0.15) is 25.0 Å². The molecule has 1 unspecified atom stereocenters. The van der Waals surface area contributed by atoms with Gasteiger partial charge in [0.2, 0.25) is 5.91 Å². The zero-order chi connectivity index (χ0) is 13.6. The standard InChI is InChI=1S/C14H22N2O2/c1-4-11-5-7-12(8-6-11)14(2,13(15)17)16-9-10-18-3/h5-8,16H,4,9-10H2,1-3H3,(H2,15,17). The number of hydrogen-bond donors (Lipinski definition) is 2. The molecule has 0 saturated heterocycles. The van der Waals surface area contributed by atoms with Crippen molar-refractivity contribution in [3.63, 3.8) is 0 Å². The molecule has 0 saturated carbocycles. The van der Waals surface area contributed by atoms with E-state index in [1.54, 1.807) is 14.0 Å². The van der Waals surface area contributed by atoms with Crippen LogP contribution in [0, 0.1) is 0 Å². The van der Waals surface area contributed by atoms with Gasteiger partial charge in [-0.25, -0.2) is 0 Å². The van der Waals surface area contributed by atoms with Crippen molar-refractivity contribution in [2.24, 2.45) is 5.73 Å². The average molecular weight is 250 g/mol. The Bertz CT molecular complexity index is 389. The topological polar surface area (TPSA) is 64.3 Å². The number of ether oxygens (including phenoxy) is 1. The number of carbonyl (C=O) groups is 1. The Labute approximate surface area is 109 Å². The van der Waals surface area contributed by atoms with E-state index < -0.39 is 5.54 Å². The third-order valence-corrected chi connectivity index (χ3v) is 3.22. The van der Waals surface area contributed by atoms with Crippen LogP contribution in [0.3, 0.4) is 0 Å². The molecule has 0 aliphatic rings. The molecule has 0 radical (unpaired) electrons. The smallest absolute Gasteiger partial charge is 0.242 e. The number of methoxy groups -OCH3 is 1. The van der Waals surface area contributed by atoms with Crippen LogP contribution in [0.4, 0.5) is 0 Å².